The molecule has 0 fully saturated rings. The fraction of sp³-hybridized carbons (Fsp3) is 0. The first kappa shape index (κ1) is 12.3. The van der Waals surface area contributed by atoms with Gasteiger partial charge >= 0.3 is 0 Å². The predicted octanol–water partition coefficient (Wildman–Crippen LogP) is 4.73. The first-order valence-electron chi connectivity index (χ1n) is 2.97. The standard InChI is InChI=1S/C6Cl2F4S2/c7-13-5-3(11)1(9)2(10)4(12)6(5)14-8. The molecule has 0 saturated heterocycles. The molecule has 0 nitrogen and oxygen atoms in total. The van der Waals surface area contributed by atoms with Crippen LogP contribution < -0.4 is 0 Å². The molecule has 0 aliphatic carbocycles. The minimum atomic E-state index is -1.90. The molecule has 0 aliphatic heterocycles. The van der Waals surface area contributed by atoms with Crippen LogP contribution in [0, 0.1) is 23.3 Å². The molecule has 0 heterocycles. The maximum Gasteiger partial charge on any atom is 0.198 e. The topological polar surface area (TPSA) is 0 Å². The van der Waals surface area contributed by atoms with Crippen molar-refractivity contribution in [3.05, 3.63) is 23.3 Å². The number of halogens is 6. The first-order chi connectivity index (χ1) is 6.54. The van der Waals surface area contributed by atoms with E-state index in [0.29, 0.717) is 0 Å². The van der Waals surface area contributed by atoms with Crippen molar-refractivity contribution in [3.63, 3.8) is 0 Å². The van der Waals surface area contributed by atoms with E-state index in [4.69, 9.17) is 21.4 Å². The van der Waals surface area contributed by atoms with E-state index in [9.17, 15) is 17.6 Å². The molecule has 1 aromatic carbocycles. The lowest BCUT2D eigenvalue weighted by Gasteiger charge is -2.06. The second kappa shape index (κ2) is 4.83. The Kier molecular flexibility index (Phi) is 4.24. The van der Waals surface area contributed by atoms with Gasteiger partial charge in [-0.25, -0.2) is 17.6 Å². The fourth-order valence-electron chi connectivity index (χ4n) is 0.729. The van der Waals surface area contributed by atoms with Gasteiger partial charge in [-0.15, -0.1) is 0 Å². The van der Waals surface area contributed by atoms with Crippen molar-refractivity contribution in [3.8, 4) is 0 Å². The highest BCUT2D eigenvalue weighted by molar-refractivity contribution is 8.23. The average molecular weight is 283 g/mol. The summed E-state index contributed by atoms with van der Waals surface area (Å²) >= 11 is 0. The molecule has 1 rings (SSSR count). The van der Waals surface area contributed by atoms with Gasteiger partial charge in [0.25, 0.3) is 0 Å². The van der Waals surface area contributed by atoms with Gasteiger partial charge in [-0.2, -0.15) is 0 Å². The second-order valence-electron chi connectivity index (χ2n) is 2.07. The SMILES string of the molecule is Fc1c(F)c(F)c(SCl)c(SCl)c1F. The highest BCUT2D eigenvalue weighted by Gasteiger charge is 2.25. The molecule has 78 valence electrons. The normalized spacial score (nSPS) is 10.7. The summed E-state index contributed by atoms with van der Waals surface area (Å²) in [5.74, 6) is -6.90. The van der Waals surface area contributed by atoms with E-state index in [-0.39, 0.29) is 22.0 Å². The molecule has 0 unspecified atom stereocenters. The first-order valence-corrected chi connectivity index (χ1v) is 6.26. The molecule has 8 heteroatoms. The van der Waals surface area contributed by atoms with Crippen LogP contribution >= 0.6 is 43.3 Å². The van der Waals surface area contributed by atoms with Crippen molar-refractivity contribution >= 4 is 43.3 Å². The minimum absolute atomic E-state index is 0.229. The molecule has 0 aromatic heterocycles. The Hall–Kier alpha value is 0.220. The molecule has 0 bridgehead atoms. The maximum atomic E-state index is 12.9. The summed E-state index contributed by atoms with van der Waals surface area (Å²) < 4.78 is 51.1. The van der Waals surface area contributed by atoms with E-state index in [1.807, 2.05) is 0 Å². The number of hydrogen-bond acceptors (Lipinski definition) is 2. The third kappa shape index (κ3) is 1.93. The van der Waals surface area contributed by atoms with Crippen LogP contribution in [-0.2, 0) is 0 Å². The summed E-state index contributed by atoms with van der Waals surface area (Å²) in [6.07, 6.45) is 0. The lowest BCUT2D eigenvalue weighted by atomic mass is 10.3. The highest BCUT2D eigenvalue weighted by atomic mass is 35.7. The van der Waals surface area contributed by atoms with Gasteiger partial charge in [-0.3, -0.25) is 0 Å². The zero-order chi connectivity index (χ0) is 10.9. The quantitative estimate of drug-likeness (QED) is 0.437. The van der Waals surface area contributed by atoms with Crippen molar-refractivity contribution in [1.29, 1.82) is 0 Å². The van der Waals surface area contributed by atoms with Gasteiger partial charge in [0.15, 0.2) is 23.3 Å². The lowest BCUT2D eigenvalue weighted by molar-refractivity contribution is 0.385. The highest BCUT2D eigenvalue weighted by Crippen LogP contribution is 2.40. The van der Waals surface area contributed by atoms with Gasteiger partial charge < -0.3 is 0 Å². The van der Waals surface area contributed by atoms with Gasteiger partial charge in [-0.1, -0.05) is 0 Å². The summed E-state index contributed by atoms with van der Waals surface area (Å²) in [5, 5.41) is 0. The Morgan fingerprint density at radius 2 is 0.929 bits per heavy atom. The average Bonchev–Trinajstić information content (AvgIpc) is 2.20. The van der Waals surface area contributed by atoms with Crippen LogP contribution in [0.4, 0.5) is 17.6 Å². The van der Waals surface area contributed by atoms with E-state index in [1.165, 1.54) is 0 Å². The molecule has 0 radical (unpaired) electrons. The second-order valence-corrected chi connectivity index (χ2v) is 4.12. The summed E-state index contributed by atoms with van der Waals surface area (Å²) in [5.41, 5.74) is 0. The minimum Gasteiger partial charge on any atom is -0.202 e. The zero-order valence-corrected chi connectivity index (χ0v) is 9.23. The lowest BCUT2D eigenvalue weighted by Crippen LogP contribution is -2.00. The molecular formula is C6Cl2F4S2. The van der Waals surface area contributed by atoms with Crippen LogP contribution in [0.2, 0.25) is 0 Å². The third-order valence-electron chi connectivity index (χ3n) is 1.34. The molecule has 0 amide bonds. The van der Waals surface area contributed by atoms with E-state index in [0.717, 1.165) is 0 Å². The molecule has 0 N–H and O–H groups in total. The van der Waals surface area contributed by atoms with Crippen molar-refractivity contribution in [1.82, 2.24) is 0 Å². The Bertz CT molecular complexity index is 337. The van der Waals surface area contributed by atoms with E-state index >= 15 is 0 Å². The van der Waals surface area contributed by atoms with Gasteiger partial charge in [0, 0.05) is 0 Å². The van der Waals surface area contributed by atoms with Crippen LogP contribution in [-0.4, -0.2) is 0 Å². The number of hydrogen-bond donors (Lipinski definition) is 0. The predicted molar refractivity (Wildman–Crippen MR) is 49.7 cm³/mol. The summed E-state index contributed by atoms with van der Waals surface area (Å²) in [4.78, 5) is -1.13. The monoisotopic (exact) mass is 282 g/mol. The van der Waals surface area contributed by atoms with Crippen molar-refractivity contribution in [2.24, 2.45) is 0 Å². The number of rotatable bonds is 2. The van der Waals surface area contributed by atoms with Crippen molar-refractivity contribution in [2.45, 2.75) is 9.79 Å². The van der Waals surface area contributed by atoms with Crippen molar-refractivity contribution in [2.75, 3.05) is 0 Å². The van der Waals surface area contributed by atoms with E-state index in [2.05, 4.69) is 0 Å². The molecule has 0 saturated carbocycles. The molecule has 0 spiro atoms. The van der Waals surface area contributed by atoms with Gasteiger partial charge in [-0.05, 0) is 43.3 Å². The van der Waals surface area contributed by atoms with Crippen LogP contribution in [0.5, 0.6) is 0 Å². The zero-order valence-electron chi connectivity index (χ0n) is 6.08. The van der Waals surface area contributed by atoms with Gasteiger partial charge in [0.05, 0.1) is 9.79 Å². The summed E-state index contributed by atoms with van der Waals surface area (Å²) in [7, 11) is 10.8. The summed E-state index contributed by atoms with van der Waals surface area (Å²) in [6.45, 7) is 0. The molecular weight excluding hydrogens is 283 g/mol. The molecule has 0 atom stereocenters. The summed E-state index contributed by atoms with van der Waals surface area (Å²) in [6, 6.07) is 0. The molecule has 0 aliphatic rings. The largest absolute Gasteiger partial charge is 0.202 e. The Balaban J connectivity index is 3.57. The van der Waals surface area contributed by atoms with Crippen LogP contribution in [0.15, 0.2) is 9.79 Å². The Labute approximate surface area is 94.0 Å². The van der Waals surface area contributed by atoms with Crippen LogP contribution in [0.1, 0.15) is 0 Å². The number of benzene rings is 1. The van der Waals surface area contributed by atoms with Gasteiger partial charge in [0.1, 0.15) is 0 Å². The maximum absolute atomic E-state index is 12.9. The van der Waals surface area contributed by atoms with E-state index < -0.39 is 33.1 Å². The molecule has 14 heavy (non-hydrogen) atoms. The molecule has 1 aromatic rings. The van der Waals surface area contributed by atoms with Gasteiger partial charge in [0.2, 0.25) is 0 Å². The van der Waals surface area contributed by atoms with Crippen LogP contribution in [0.3, 0.4) is 0 Å². The smallest absolute Gasteiger partial charge is 0.198 e. The Morgan fingerprint density at radius 1 is 0.643 bits per heavy atom. The Morgan fingerprint density at radius 3 is 1.14 bits per heavy atom. The van der Waals surface area contributed by atoms with Crippen molar-refractivity contribution < 1.29 is 17.6 Å². The van der Waals surface area contributed by atoms with Crippen LogP contribution in [0.25, 0.3) is 0 Å². The third-order valence-corrected chi connectivity index (χ3v) is 3.47. The fourth-order valence-corrected chi connectivity index (χ4v) is 2.76. The van der Waals surface area contributed by atoms with E-state index in [1.54, 1.807) is 0 Å².